The minimum Gasteiger partial charge on any atom is -0.466 e. The molecule has 5 heteroatoms. The first-order valence-corrected chi connectivity index (χ1v) is 8.13. The average Bonchev–Trinajstić information content (AvgIpc) is 3.25. The van der Waals surface area contributed by atoms with Crippen molar-refractivity contribution in [3.05, 3.63) is 23.2 Å². The Balaban J connectivity index is 2.03. The monoisotopic (exact) mass is 306 g/mol. The van der Waals surface area contributed by atoms with Crippen LogP contribution in [0.2, 0.25) is 0 Å². The summed E-state index contributed by atoms with van der Waals surface area (Å²) in [7, 11) is 0. The molecule has 0 aliphatic heterocycles. The largest absolute Gasteiger partial charge is 0.466 e. The molecule has 0 saturated heterocycles. The van der Waals surface area contributed by atoms with Gasteiger partial charge in [0.05, 0.1) is 5.56 Å². The first kappa shape index (κ1) is 16.6. The predicted octanol–water partition coefficient (Wildman–Crippen LogP) is 2.76. The highest BCUT2D eigenvalue weighted by Gasteiger charge is 2.34. The van der Waals surface area contributed by atoms with Crippen LogP contribution in [0.4, 0.5) is 0 Å². The van der Waals surface area contributed by atoms with Crippen LogP contribution in [0.25, 0.3) is 0 Å². The highest BCUT2D eigenvalue weighted by Crippen LogP contribution is 2.29. The second kappa shape index (κ2) is 6.99. The van der Waals surface area contributed by atoms with Crippen LogP contribution >= 0.6 is 0 Å². The van der Waals surface area contributed by atoms with Gasteiger partial charge in [-0.3, -0.25) is 9.59 Å². The first-order valence-electron chi connectivity index (χ1n) is 8.13. The van der Waals surface area contributed by atoms with Crippen molar-refractivity contribution in [2.45, 2.75) is 53.0 Å². The van der Waals surface area contributed by atoms with Crippen molar-refractivity contribution in [3.63, 3.8) is 0 Å². The van der Waals surface area contributed by atoms with Crippen LogP contribution in [-0.4, -0.2) is 47.3 Å². The number of carbonyl (C=O) groups excluding carboxylic acids is 2. The normalized spacial score (nSPS) is 14.0. The van der Waals surface area contributed by atoms with Crippen LogP contribution in [0.3, 0.4) is 0 Å². The molecule has 1 aliphatic rings. The second-order valence-electron chi connectivity index (χ2n) is 5.87. The van der Waals surface area contributed by atoms with E-state index in [2.05, 4.69) is 0 Å². The van der Waals surface area contributed by atoms with Crippen molar-refractivity contribution in [1.29, 1.82) is 0 Å². The zero-order valence-electron chi connectivity index (χ0n) is 14.0. The third-order valence-electron chi connectivity index (χ3n) is 4.20. The number of amides is 2. The minimum absolute atomic E-state index is 0.0100. The van der Waals surface area contributed by atoms with E-state index in [9.17, 15) is 9.59 Å². The van der Waals surface area contributed by atoms with Crippen molar-refractivity contribution in [3.8, 4) is 0 Å². The quantitative estimate of drug-likeness (QED) is 0.778. The Kier molecular flexibility index (Phi) is 5.27. The molecule has 122 valence electrons. The van der Waals surface area contributed by atoms with Crippen LogP contribution < -0.4 is 0 Å². The third kappa shape index (κ3) is 3.70. The fourth-order valence-electron chi connectivity index (χ4n) is 2.78. The topological polar surface area (TPSA) is 53.8 Å². The standard InChI is InChI=1S/C17H26N2O3/c1-5-18(6-2)16(20)9-10-19(14-7-8-14)17(21)15-11-12(3)22-13(15)4/h11,14H,5-10H2,1-4H3. The fraction of sp³-hybridized carbons (Fsp3) is 0.647. The van der Waals surface area contributed by atoms with E-state index in [1.807, 2.05) is 37.5 Å². The Bertz CT molecular complexity index is 542. The molecule has 1 aromatic heterocycles. The Morgan fingerprint density at radius 1 is 1.23 bits per heavy atom. The van der Waals surface area contributed by atoms with E-state index >= 15 is 0 Å². The maximum Gasteiger partial charge on any atom is 0.257 e. The van der Waals surface area contributed by atoms with Gasteiger partial charge in [-0.25, -0.2) is 0 Å². The van der Waals surface area contributed by atoms with E-state index in [0.29, 0.717) is 37.4 Å². The van der Waals surface area contributed by atoms with Crippen LogP contribution in [0.5, 0.6) is 0 Å². The lowest BCUT2D eigenvalue weighted by Crippen LogP contribution is -2.38. The van der Waals surface area contributed by atoms with Gasteiger partial charge in [-0.2, -0.15) is 0 Å². The Morgan fingerprint density at radius 2 is 1.86 bits per heavy atom. The van der Waals surface area contributed by atoms with Gasteiger partial charge in [0.15, 0.2) is 0 Å². The summed E-state index contributed by atoms with van der Waals surface area (Å²) in [5, 5.41) is 0. The second-order valence-corrected chi connectivity index (χ2v) is 5.87. The van der Waals surface area contributed by atoms with Gasteiger partial charge < -0.3 is 14.2 Å². The summed E-state index contributed by atoms with van der Waals surface area (Å²) in [6, 6.07) is 2.07. The van der Waals surface area contributed by atoms with Gasteiger partial charge in [0.25, 0.3) is 5.91 Å². The molecule has 1 heterocycles. The van der Waals surface area contributed by atoms with E-state index in [1.54, 1.807) is 6.07 Å². The van der Waals surface area contributed by atoms with Crippen LogP contribution in [0, 0.1) is 13.8 Å². The molecule has 0 N–H and O–H groups in total. The summed E-state index contributed by atoms with van der Waals surface area (Å²) in [5.41, 5.74) is 0.625. The van der Waals surface area contributed by atoms with E-state index in [-0.39, 0.29) is 17.9 Å². The van der Waals surface area contributed by atoms with Gasteiger partial charge >= 0.3 is 0 Å². The van der Waals surface area contributed by atoms with Crippen LogP contribution in [-0.2, 0) is 4.79 Å². The summed E-state index contributed by atoms with van der Waals surface area (Å²) >= 11 is 0. The first-order chi connectivity index (χ1) is 10.5. The lowest BCUT2D eigenvalue weighted by molar-refractivity contribution is -0.131. The van der Waals surface area contributed by atoms with E-state index in [0.717, 1.165) is 18.6 Å². The van der Waals surface area contributed by atoms with Crippen molar-refractivity contribution < 1.29 is 14.0 Å². The summed E-state index contributed by atoms with van der Waals surface area (Å²) in [6.07, 6.45) is 2.45. The lowest BCUT2D eigenvalue weighted by Gasteiger charge is -2.24. The fourth-order valence-corrected chi connectivity index (χ4v) is 2.78. The average molecular weight is 306 g/mol. The molecule has 2 amide bonds. The lowest BCUT2D eigenvalue weighted by atomic mass is 10.2. The smallest absolute Gasteiger partial charge is 0.257 e. The maximum atomic E-state index is 12.7. The van der Waals surface area contributed by atoms with Gasteiger partial charge in [0.1, 0.15) is 11.5 Å². The zero-order valence-corrected chi connectivity index (χ0v) is 14.0. The molecule has 0 unspecified atom stereocenters. The summed E-state index contributed by atoms with van der Waals surface area (Å²) in [5.74, 6) is 1.51. The van der Waals surface area contributed by atoms with Crippen molar-refractivity contribution >= 4 is 11.8 Å². The van der Waals surface area contributed by atoms with Gasteiger partial charge in [0, 0.05) is 32.1 Å². The molecular formula is C17H26N2O3. The molecule has 0 aromatic carbocycles. The van der Waals surface area contributed by atoms with Crippen LogP contribution in [0.1, 0.15) is 55.0 Å². The maximum absolute atomic E-state index is 12.7. The van der Waals surface area contributed by atoms with E-state index in [4.69, 9.17) is 4.42 Å². The zero-order chi connectivity index (χ0) is 16.3. The number of hydrogen-bond donors (Lipinski definition) is 0. The highest BCUT2D eigenvalue weighted by molar-refractivity contribution is 5.96. The van der Waals surface area contributed by atoms with Gasteiger partial charge in [-0.1, -0.05) is 0 Å². The Hall–Kier alpha value is -1.78. The molecule has 22 heavy (non-hydrogen) atoms. The predicted molar refractivity (Wildman–Crippen MR) is 84.8 cm³/mol. The third-order valence-corrected chi connectivity index (χ3v) is 4.20. The number of hydrogen-bond acceptors (Lipinski definition) is 3. The van der Waals surface area contributed by atoms with Crippen molar-refractivity contribution in [2.24, 2.45) is 0 Å². The van der Waals surface area contributed by atoms with Crippen LogP contribution in [0.15, 0.2) is 10.5 Å². The molecule has 0 bridgehead atoms. The molecule has 2 rings (SSSR count). The Labute approximate surface area is 132 Å². The molecule has 0 spiro atoms. The molecule has 1 aromatic rings. The molecule has 1 saturated carbocycles. The summed E-state index contributed by atoms with van der Waals surface area (Å²) < 4.78 is 5.46. The SMILES string of the molecule is CCN(CC)C(=O)CCN(C(=O)c1cc(C)oc1C)C1CC1. The molecule has 1 fully saturated rings. The number of aryl methyl sites for hydroxylation is 2. The molecule has 1 aliphatic carbocycles. The van der Waals surface area contributed by atoms with E-state index < -0.39 is 0 Å². The number of nitrogens with zero attached hydrogens (tertiary/aromatic N) is 2. The van der Waals surface area contributed by atoms with E-state index in [1.165, 1.54) is 0 Å². The number of furan rings is 1. The van der Waals surface area contributed by atoms with Crippen molar-refractivity contribution in [1.82, 2.24) is 9.80 Å². The molecule has 0 atom stereocenters. The Morgan fingerprint density at radius 3 is 2.32 bits per heavy atom. The number of carbonyl (C=O) groups is 2. The minimum atomic E-state index is -0.0100. The van der Waals surface area contributed by atoms with Crippen molar-refractivity contribution in [2.75, 3.05) is 19.6 Å². The highest BCUT2D eigenvalue weighted by atomic mass is 16.3. The van der Waals surface area contributed by atoms with Gasteiger partial charge in [-0.15, -0.1) is 0 Å². The number of rotatable bonds is 7. The summed E-state index contributed by atoms with van der Waals surface area (Å²) in [6.45, 7) is 9.52. The van der Waals surface area contributed by atoms with Gasteiger partial charge in [0.2, 0.25) is 5.91 Å². The molecular weight excluding hydrogens is 280 g/mol. The summed E-state index contributed by atoms with van der Waals surface area (Å²) in [4.78, 5) is 28.5. The molecule has 5 nitrogen and oxygen atoms in total. The molecule has 0 radical (unpaired) electrons. The van der Waals surface area contributed by atoms with Gasteiger partial charge in [-0.05, 0) is 46.6 Å².